The molecule has 0 spiro atoms. The zero-order valence-electron chi connectivity index (χ0n) is 15.3. The first-order valence-corrected chi connectivity index (χ1v) is 8.76. The molecule has 130 valence electrons. The number of aryl methyl sites for hydroxylation is 1. The summed E-state index contributed by atoms with van der Waals surface area (Å²) < 4.78 is 0. The van der Waals surface area contributed by atoms with Crippen LogP contribution in [0.25, 0.3) is 10.9 Å². The van der Waals surface area contributed by atoms with Gasteiger partial charge in [-0.3, -0.25) is 9.78 Å². The Bertz CT molecular complexity index is 689. The fourth-order valence-corrected chi connectivity index (χ4v) is 2.69. The van der Waals surface area contributed by atoms with Crippen LogP contribution in [0.2, 0.25) is 0 Å². The first-order chi connectivity index (χ1) is 11.4. The first-order valence-electron chi connectivity index (χ1n) is 8.76. The number of carbonyl (C=O) groups is 1. The van der Waals surface area contributed by atoms with Crippen LogP contribution in [0, 0.1) is 6.92 Å². The number of anilines is 1. The Morgan fingerprint density at radius 1 is 1.12 bits per heavy atom. The van der Waals surface area contributed by atoms with Gasteiger partial charge in [-0.1, -0.05) is 12.5 Å². The quantitative estimate of drug-likeness (QED) is 0.740. The molecule has 0 fully saturated rings. The summed E-state index contributed by atoms with van der Waals surface area (Å²) in [4.78, 5) is 16.6. The van der Waals surface area contributed by atoms with E-state index in [0.717, 1.165) is 48.0 Å². The number of nitrogens with one attached hydrogen (secondary N) is 2. The molecule has 0 atom stereocenters. The Hall–Kier alpha value is -1.94. The van der Waals surface area contributed by atoms with Gasteiger partial charge in [-0.25, -0.2) is 0 Å². The second-order valence-electron chi connectivity index (χ2n) is 7.37. The average Bonchev–Trinajstić information content (AvgIpc) is 2.53. The molecule has 2 rings (SSSR count). The summed E-state index contributed by atoms with van der Waals surface area (Å²) in [6, 6.07) is 7.87. The van der Waals surface area contributed by atoms with E-state index >= 15 is 0 Å². The van der Waals surface area contributed by atoms with Crippen LogP contribution in [0.5, 0.6) is 0 Å². The molecule has 1 amide bonds. The second-order valence-corrected chi connectivity index (χ2v) is 7.37. The van der Waals surface area contributed by atoms with Crippen molar-refractivity contribution in [3.63, 3.8) is 0 Å². The lowest BCUT2D eigenvalue weighted by molar-refractivity contribution is -0.116. The number of rotatable bonds is 7. The van der Waals surface area contributed by atoms with Gasteiger partial charge in [0.2, 0.25) is 5.91 Å². The lowest BCUT2D eigenvalue weighted by Crippen LogP contribution is -2.36. The van der Waals surface area contributed by atoms with E-state index in [4.69, 9.17) is 0 Å². The van der Waals surface area contributed by atoms with E-state index in [2.05, 4.69) is 36.4 Å². The van der Waals surface area contributed by atoms with E-state index in [1.165, 1.54) is 0 Å². The van der Waals surface area contributed by atoms with Crippen LogP contribution >= 0.6 is 0 Å². The number of fused-ring (bicyclic) bond motifs is 1. The van der Waals surface area contributed by atoms with Crippen LogP contribution in [0.1, 0.15) is 52.0 Å². The van der Waals surface area contributed by atoms with Gasteiger partial charge in [0.25, 0.3) is 0 Å². The molecule has 4 heteroatoms. The van der Waals surface area contributed by atoms with Crippen molar-refractivity contribution in [2.24, 2.45) is 0 Å². The number of unbranched alkanes of at least 4 members (excludes halogenated alkanes) is 2. The highest BCUT2D eigenvalue weighted by molar-refractivity contribution is 6.01. The maximum atomic E-state index is 12.2. The highest BCUT2D eigenvalue weighted by atomic mass is 16.1. The van der Waals surface area contributed by atoms with Crippen molar-refractivity contribution in [1.82, 2.24) is 10.3 Å². The largest absolute Gasteiger partial charge is 0.325 e. The summed E-state index contributed by atoms with van der Waals surface area (Å²) in [6.45, 7) is 9.54. The monoisotopic (exact) mass is 327 g/mol. The van der Waals surface area contributed by atoms with Crippen molar-refractivity contribution in [2.75, 3.05) is 11.9 Å². The predicted octanol–water partition coefficient (Wildman–Crippen LogP) is 4.43. The number of benzene rings is 1. The fraction of sp³-hybridized carbons (Fsp3) is 0.500. The Morgan fingerprint density at radius 3 is 2.67 bits per heavy atom. The highest BCUT2D eigenvalue weighted by Crippen LogP contribution is 2.24. The molecule has 0 bridgehead atoms. The molecule has 1 aromatic heterocycles. The molecular weight excluding hydrogens is 298 g/mol. The van der Waals surface area contributed by atoms with Gasteiger partial charge in [-0.2, -0.15) is 0 Å². The third kappa shape index (κ3) is 5.60. The molecule has 0 radical (unpaired) electrons. The summed E-state index contributed by atoms with van der Waals surface area (Å²) in [5.74, 6) is 0.0767. The molecule has 24 heavy (non-hydrogen) atoms. The van der Waals surface area contributed by atoms with E-state index in [1.54, 1.807) is 6.20 Å². The fourth-order valence-electron chi connectivity index (χ4n) is 2.69. The van der Waals surface area contributed by atoms with E-state index < -0.39 is 0 Å². The van der Waals surface area contributed by atoms with Crippen molar-refractivity contribution < 1.29 is 4.79 Å². The van der Waals surface area contributed by atoms with Gasteiger partial charge in [-0.15, -0.1) is 0 Å². The number of hydrogen-bond acceptors (Lipinski definition) is 3. The maximum Gasteiger partial charge on any atom is 0.224 e. The summed E-state index contributed by atoms with van der Waals surface area (Å²) in [5, 5.41) is 7.50. The van der Waals surface area contributed by atoms with Gasteiger partial charge < -0.3 is 10.6 Å². The van der Waals surface area contributed by atoms with Gasteiger partial charge in [0.1, 0.15) is 0 Å². The minimum absolute atomic E-state index is 0.0767. The predicted molar refractivity (Wildman–Crippen MR) is 101 cm³/mol. The molecule has 2 aromatic rings. The molecule has 0 aliphatic rings. The molecule has 2 N–H and O–H groups in total. The molecule has 0 saturated heterocycles. The van der Waals surface area contributed by atoms with E-state index in [0.29, 0.717) is 6.42 Å². The number of hydrogen-bond donors (Lipinski definition) is 2. The third-order valence-corrected chi connectivity index (χ3v) is 3.98. The van der Waals surface area contributed by atoms with Crippen molar-refractivity contribution in [3.05, 3.63) is 36.0 Å². The zero-order valence-corrected chi connectivity index (χ0v) is 15.3. The molecule has 1 aromatic carbocycles. The van der Waals surface area contributed by atoms with E-state index in [1.807, 2.05) is 31.2 Å². The molecule has 1 heterocycles. The molecule has 4 nitrogen and oxygen atoms in total. The van der Waals surface area contributed by atoms with Crippen LogP contribution in [0.15, 0.2) is 30.5 Å². The zero-order chi connectivity index (χ0) is 17.6. The van der Waals surface area contributed by atoms with Gasteiger partial charge in [0.15, 0.2) is 0 Å². The normalized spacial score (nSPS) is 11.7. The van der Waals surface area contributed by atoms with Crippen molar-refractivity contribution in [3.8, 4) is 0 Å². The number of amides is 1. The van der Waals surface area contributed by atoms with Crippen LogP contribution < -0.4 is 10.6 Å². The van der Waals surface area contributed by atoms with Crippen LogP contribution in [0.3, 0.4) is 0 Å². The van der Waals surface area contributed by atoms with Crippen LogP contribution in [-0.2, 0) is 4.79 Å². The highest BCUT2D eigenvalue weighted by Gasteiger charge is 2.09. The van der Waals surface area contributed by atoms with Crippen LogP contribution in [0.4, 0.5) is 5.69 Å². The van der Waals surface area contributed by atoms with Crippen molar-refractivity contribution >= 4 is 22.5 Å². The third-order valence-electron chi connectivity index (χ3n) is 3.98. The summed E-state index contributed by atoms with van der Waals surface area (Å²) >= 11 is 0. The summed E-state index contributed by atoms with van der Waals surface area (Å²) in [6.07, 6.45) is 5.42. The number of pyridine rings is 1. The first kappa shape index (κ1) is 18.4. The standard InChI is InChI=1S/C20H29N3O/c1-15-11-12-17(16-9-8-13-21-19(15)16)23-18(24)10-6-5-7-14-22-20(2,3)4/h8-9,11-13,22H,5-7,10,14H2,1-4H3,(H,23,24). The van der Waals surface area contributed by atoms with Gasteiger partial charge in [0.05, 0.1) is 11.2 Å². The van der Waals surface area contributed by atoms with Gasteiger partial charge in [0, 0.05) is 23.5 Å². The smallest absolute Gasteiger partial charge is 0.224 e. The SMILES string of the molecule is Cc1ccc(NC(=O)CCCCCNC(C)(C)C)c2cccnc12. The maximum absolute atomic E-state index is 12.2. The lowest BCUT2D eigenvalue weighted by Gasteiger charge is -2.20. The number of carbonyl (C=O) groups excluding carboxylic acids is 1. The van der Waals surface area contributed by atoms with Crippen LogP contribution in [-0.4, -0.2) is 23.0 Å². The second kappa shape index (κ2) is 8.25. The van der Waals surface area contributed by atoms with E-state index in [-0.39, 0.29) is 11.4 Å². The lowest BCUT2D eigenvalue weighted by atomic mass is 10.1. The van der Waals surface area contributed by atoms with Crippen molar-refractivity contribution in [1.29, 1.82) is 0 Å². The molecule has 0 aliphatic carbocycles. The Morgan fingerprint density at radius 2 is 1.92 bits per heavy atom. The molecule has 0 aliphatic heterocycles. The molecular formula is C20H29N3O. The van der Waals surface area contributed by atoms with Gasteiger partial charge >= 0.3 is 0 Å². The summed E-state index contributed by atoms with van der Waals surface area (Å²) in [5.41, 5.74) is 3.08. The summed E-state index contributed by atoms with van der Waals surface area (Å²) in [7, 11) is 0. The van der Waals surface area contributed by atoms with Crippen molar-refractivity contribution in [2.45, 2.75) is 58.9 Å². The molecule has 0 unspecified atom stereocenters. The average molecular weight is 327 g/mol. The molecule has 0 saturated carbocycles. The van der Waals surface area contributed by atoms with Gasteiger partial charge in [-0.05, 0) is 70.8 Å². The minimum Gasteiger partial charge on any atom is -0.325 e. The minimum atomic E-state index is 0.0767. The Kier molecular flexibility index (Phi) is 6.32. The number of aromatic nitrogens is 1. The topological polar surface area (TPSA) is 54.0 Å². The number of nitrogens with zero attached hydrogens (tertiary/aromatic N) is 1. The van der Waals surface area contributed by atoms with E-state index in [9.17, 15) is 4.79 Å². The Balaban J connectivity index is 1.80. The Labute approximate surface area is 145 Å².